The van der Waals surface area contributed by atoms with Crippen molar-refractivity contribution in [1.29, 1.82) is 0 Å². The zero-order chi connectivity index (χ0) is 18.3. The molecule has 0 radical (unpaired) electrons. The predicted octanol–water partition coefficient (Wildman–Crippen LogP) is 5.95. The first-order valence-corrected chi connectivity index (χ1v) is 10.3. The zero-order valence-corrected chi connectivity index (χ0v) is 17.0. The third-order valence-electron chi connectivity index (χ3n) is 5.92. The van der Waals surface area contributed by atoms with Gasteiger partial charge in [0.15, 0.2) is 0 Å². The average Bonchev–Trinajstić information content (AvgIpc) is 2.62. The molecule has 2 aromatic carbocycles. The number of benzene rings is 2. The van der Waals surface area contributed by atoms with Crippen molar-refractivity contribution in [3.63, 3.8) is 0 Å². The fourth-order valence-electron chi connectivity index (χ4n) is 4.51. The van der Waals surface area contributed by atoms with E-state index in [1.165, 1.54) is 48.2 Å². The van der Waals surface area contributed by atoms with Gasteiger partial charge in [-0.05, 0) is 74.2 Å². The number of halogens is 2. The van der Waals surface area contributed by atoms with Crippen LogP contribution in [0, 0.1) is 0 Å². The molecule has 1 saturated heterocycles. The lowest BCUT2D eigenvalue weighted by Gasteiger charge is -2.36. The number of nitrogens with zero attached hydrogens (tertiary/aromatic N) is 2. The molecule has 0 saturated carbocycles. The molecule has 2 aliphatic heterocycles. The van der Waals surface area contributed by atoms with Gasteiger partial charge in [0.2, 0.25) is 0 Å². The molecule has 4 heteroatoms. The summed E-state index contributed by atoms with van der Waals surface area (Å²) in [6.45, 7) is 5.37. The van der Waals surface area contributed by atoms with Gasteiger partial charge in [-0.2, -0.15) is 0 Å². The van der Waals surface area contributed by atoms with Crippen LogP contribution in [-0.4, -0.2) is 31.1 Å². The average molecular weight is 389 g/mol. The van der Waals surface area contributed by atoms with Crippen LogP contribution in [0.2, 0.25) is 10.0 Å². The van der Waals surface area contributed by atoms with Crippen LogP contribution in [0.25, 0.3) is 0 Å². The van der Waals surface area contributed by atoms with Gasteiger partial charge in [0, 0.05) is 47.3 Å². The minimum atomic E-state index is 0.313. The fraction of sp³-hybridized carbons (Fsp3) is 0.455. The molecular formula is C22H26Cl2N2. The molecule has 0 bridgehead atoms. The summed E-state index contributed by atoms with van der Waals surface area (Å²) >= 11 is 12.8. The third-order valence-corrected chi connectivity index (χ3v) is 6.48. The van der Waals surface area contributed by atoms with E-state index < -0.39 is 0 Å². The van der Waals surface area contributed by atoms with Crippen LogP contribution in [0.4, 0.5) is 5.69 Å². The van der Waals surface area contributed by atoms with E-state index in [4.69, 9.17) is 23.2 Å². The van der Waals surface area contributed by atoms with Crippen molar-refractivity contribution in [2.75, 3.05) is 25.0 Å². The van der Waals surface area contributed by atoms with Gasteiger partial charge in [-0.15, -0.1) is 0 Å². The molecule has 1 fully saturated rings. The van der Waals surface area contributed by atoms with Gasteiger partial charge in [0.05, 0.1) is 0 Å². The summed E-state index contributed by atoms with van der Waals surface area (Å²) in [6.07, 6.45) is 3.94. The topological polar surface area (TPSA) is 6.48 Å². The van der Waals surface area contributed by atoms with Crippen molar-refractivity contribution in [2.45, 2.75) is 44.7 Å². The van der Waals surface area contributed by atoms with Crippen LogP contribution in [0.3, 0.4) is 0 Å². The Labute approximate surface area is 166 Å². The van der Waals surface area contributed by atoms with Gasteiger partial charge >= 0.3 is 0 Å². The van der Waals surface area contributed by atoms with Crippen molar-refractivity contribution in [3.05, 3.63) is 63.1 Å². The van der Waals surface area contributed by atoms with E-state index in [0.717, 1.165) is 23.1 Å². The Bertz CT molecular complexity index is 787. The van der Waals surface area contributed by atoms with Crippen molar-refractivity contribution < 1.29 is 0 Å². The van der Waals surface area contributed by atoms with E-state index >= 15 is 0 Å². The Morgan fingerprint density at radius 3 is 2.54 bits per heavy atom. The highest BCUT2D eigenvalue weighted by Gasteiger charge is 2.27. The lowest BCUT2D eigenvalue weighted by atomic mass is 9.84. The van der Waals surface area contributed by atoms with Crippen LogP contribution < -0.4 is 4.90 Å². The molecular weight excluding hydrogens is 363 g/mol. The molecule has 2 nitrogen and oxygen atoms in total. The number of rotatable bonds is 2. The molecule has 0 spiro atoms. The summed E-state index contributed by atoms with van der Waals surface area (Å²) < 4.78 is 0. The first-order chi connectivity index (χ1) is 12.5. The van der Waals surface area contributed by atoms with Gasteiger partial charge in [-0.1, -0.05) is 35.3 Å². The summed E-state index contributed by atoms with van der Waals surface area (Å²) in [5, 5.41) is 1.50. The first-order valence-electron chi connectivity index (χ1n) is 9.56. The van der Waals surface area contributed by atoms with E-state index in [0.29, 0.717) is 12.0 Å². The third kappa shape index (κ3) is 3.47. The van der Waals surface area contributed by atoms with Crippen LogP contribution in [0.1, 0.15) is 48.8 Å². The van der Waals surface area contributed by atoms with E-state index in [1.54, 1.807) is 0 Å². The highest BCUT2D eigenvalue weighted by Crippen LogP contribution is 2.39. The quantitative estimate of drug-likeness (QED) is 0.626. The molecule has 0 amide bonds. The monoisotopic (exact) mass is 388 g/mol. The summed E-state index contributed by atoms with van der Waals surface area (Å²) in [7, 11) is 2.16. The largest absolute Gasteiger partial charge is 0.369 e. The zero-order valence-electron chi connectivity index (χ0n) is 15.5. The second-order valence-electron chi connectivity index (χ2n) is 7.83. The maximum absolute atomic E-state index is 6.49. The number of anilines is 1. The molecule has 4 rings (SSSR count). The molecule has 2 unspecified atom stereocenters. The van der Waals surface area contributed by atoms with Gasteiger partial charge in [0.1, 0.15) is 0 Å². The number of likely N-dealkylation sites (N-methyl/N-ethyl adjacent to an activating group) is 1. The normalized spacial score (nSPS) is 23.8. The Kier molecular flexibility index (Phi) is 5.18. The van der Waals surface area contributed by atoms with Crippen molar-refractivity contribution >= 4 is 28.9 Å². The lowest BCUT2D eigenvalue weighted by molar-refractivity contribution is 0.295. The Morgan fingerprint density at radius 2 is 1.81 bits per heavy atom. The van der Waals surface area contributed by atoms with E-state index in [1.807, 2.05) is 6.07 Å². The lowest BCUT2D eigenvalue weighted by Crippen LogP contribution is -2.37. The molecule has 0 aromatic heterocycles. The summed E-state index contributed by atoms with van der Waals surface area (Å²) in [5.74, 6) is 0.313. The SMILES string of the molecule is CC1CCCCN1c1ccc(C2CN(C)Cc3c(Cl)cc(Cl)cc32)cc1. The number of piperidine rings is 1. The molecule has 0 aliphatic carbocycles. The van der Waals surface area contributed by atoms with E-state index in [-0.39, 0.29) is 0 Å². The maximum atomic E-state index is 6.49. The predicted molar refractivity (Wildman–Crippen MR) is 112 cm³/mol. The second kappa shape index (κ2) is 7.42. The van der Waals surface area contributed by atoms with Gasteiger partial charge in [0.25, 0.3) is 0 Å². The molecule has 2 aromatic rings. The van der Waals surface area contributed by atoms with Gasteiger partial charge in [-0.25, -0.2) is 0 Å². The first kappa shape index (κ1) is 18.2. The molecule has 2 aliphatic rings. The van der Waals surface area contributed by atoms with E-state index in [9.17, 15) is 0 Å². The number of hydrogen-bond donors (Lipinski definition) is 0. The summed E-state index contributed by atoms with van der Waals surface area (Å²) in [6, 6.07) is 13.8. The van der Waals surface area contributed by atoms with Crippen molar-refractivity contribution in [2.24, 2.45) is 0 Å². The van der Waals surface area contributed by atoms with Crippen LogP contribution in [0.15, 0.2) is 36.4 Å². The summed E-state index contributed by atoms with van der Waals surface area (Å²) in [5.41, 5.74) is 5.17. The smallest absolute Gasteiger partial charge is 0.0468 e. The summed E-state index contributed by atoms with van der Waals surface area (Å²) in [4.78, 5) is 4.88. The molecule has 0 N–H and O–H groups in total. The fourth-order valence-corrected chi connectivity index (χ4v) is 5.08. The Morgan fingerprint density at radius 1 is 1.04 bits per heavy atom. The number of hydrogen-bond acceptors (Lipinski definition) is 2. The minimum Gasteiger partial charge on any atom is -0.369 e. The second-order valence-corrected chi connectivity index (χ2v) is 8.68. The highest BCUT2D eigenvalue weighted by molar-refractivity contribution is 6.35. The van der Waals surface area contributed by atoms with Crippen LogP contribution >= 0.6 is 23.2 Å². The Balaban J connectivity index is 1.66. The standard InChI is InChI=1S/C22H26Cl2N2/c1-15-5-3-4-10-26(15)18-8-6-16(7-9-18)20-13-25(2)14-21-19(20)11-17(23)12-22(21)24/h6-9,11-12,15,20H,3-5,10,13-14H2,1-2H3. The Hall–Kier alpha value is -1.22. The minimum absolute atomic E-state index is 0.313. The van der Waals surface area contributed by atoms with Crippen molar-refractivity contribution in [1.82, 2.24) is 4.90 Å². The van der Waals surface area contributed by atoms with Crippen LogP contribution in [-0.2, 0) is 6.54 Å². The molecule has 2 atom stereocenters. The van der Waals surface area contributed by atoms with E-state index in [2.05, 4.69) is 54.1 Å². The van der Waals surface area contributed by atoms with Gasteiger partial charge < -0.3 is 9.80 Å². The molecule has 2 heterocycles. The van der Waals surface area contributed by atoms with Crippen molar-refractivity contribution in [3.8, 4) is 0 Å². The maximum Gasteiger partial charge on any atom is 0.0468 e. The van der Waals surface area contributed by atoms with Gasteiger partial charge in [-0.3, -0.25) is 0 Å². The molecule has 26 heavy (non-hydrogen) atoms. The molecule has 138 valence electrons. The highest BCUT2D eigenvalue weighted by atomic mass is 35.5. The van der Waals surface area contributed by atoms with Crippen LogP contribution in [0.5, 0.6) is 0 Å². The number of fused-ring (bicyclic) bond motifs is 1.